The Labute approximate surface area is 138 Å². The topological polar surface area (TPSA) is 89.0 Å². The van der Waals surface area contributed by atoms with Gasteiger partial charge in [-0.25, -0.2) is 0 Å². The molecule has 112 valence electrons. The Kier molecular flexibility index (Phi) is 3.39. The van der Waals surface area contributed by atoms with Crippen molar-refractivity contribution in [2.75, 3.05) is 0 Å². The normalized spacial score (nSPS) is 10.8. The van der Waals surface area contributed by atoms with Crippen molar-refractivity contribution in [3.8, 4) is 23.0 Å². The Morgan fingerprint density at radius 1 is 1.00 bits per heavy atom. The van der Waals surface area contributed by atoms with Crippen LogP contribution in [0.1, 0.15) is 0 Å². The minimum Gasteiger partial charge on any atom is -0.117 e. The number of benzene rings is 2. The predicted molar refractivity (Wildman–Crippen MR) is 83.8 cm³/mol. The van der Waals surface area contributed by atoms with Gasteiger partial charge < -0.3 is 0 Å². The fourth-order valence-electron chi connectivity index (χ4n) is 2.10. The smallest absolute Gasteiger partial charge is 0.117 e. The van der Waals surface area contributed by atoms with Gasteiger partial charge in [-0.05, 0) is 46.3 Å². The minimum atomic E-state index is 0.308. The lowest BCUT2D eigenvalue weighted by Gasteiger charge is -1.98. The third-order valence-electron chi connectivity index (χ3n) is 3.16. The molecule has 0 radical (unpaired) electrons. The molecule has 0 aliphatic rings. The van der Waals surface area contributed by atoms with Crippen LogP contribution < -0.4 is 4.80 Å². The van der Waals surface area contributed by atoms with Crippen molar-refractivity contribution in [1.82, 2.24) is 35.6 Å². The summed E-state index contributed by atoms with van der Waals surface area (Å²) < 4.78 is 0.982. The Bertz CT molecular complexity index is 915. The summed E-state index contributed by atoms with van der Waals surface area (Å²) in [5.74, 6) is 0.876. The van der Waals surface area contributed by atoms with Gasteiger partial charge in [0.2, 0.25) is 0 Å². The van der Waals surface area contributed by atoms with Gasteiger partial charge in [-0.3, -0.25) is 0 Å². The molecule has 1 N–H and O–H groups in total. The number of nitrogens with zero attached hydrogens (tertiary/aromatic N) is 7. The third-order valence-corrected chi connectivity index (χ3v) is 3.69. The SMILES string of the molecule is Brc1ccc(-n2nc(-c3ccccc3)n[n+]2-c2nn[nH]n2)cc1. The van der Waals surface area contributed by atoms with Gasteiger partial charge in [0.05, 0.1) is 0 Å². The van der Waals surface area contributed by atoms with Crippen LogP contribution in [0.4, 0.5) is 0 Å². The van der Waals surface area contributed by atoms with E-state index in [4.69, 9.17) is 0 Å². The van der Waals surface area contributed by atoms with E-state index in [0.717, 1.165) is 15.7 Å². The molecule has 0 saturated carbocycles. The number of H-pyrrole nitrogens is 1. The van der Waals surface area contributed by atoms with Crippen LogP contribution in [-0.2, 0) is 0 Å². The highest BCUT2D eigenvalue weighted by atomic mass is 79.9. The van der Waals surface area contributed by atoms with Crippen molar-refractivity contribution in [3.05, 3.63) is 59.1 Å². The number of rotatable bonds is 3. The molecular weight excluding hydrogens is 360 g/mol. The van der Waals surface area contributed by atoms with Gasteiger partial charge in [-0.2, -0.15) is 0 Å². The van der Waals surface area contributed by atoms with Crippen LogP contribution in [0.2, 0.25) is 0 Å². The summed E-state index contributed by atoms with van der Waals surface area (Å²) in [7, 11) is 0. The van der Waals surface area contributed by atoms with Gasteiger partial charge in [0.1, 0.15) is 5.69 Å². The Hall–Kier alpha value is -2.94. The van der Waals surface area contributed by atoms with Gasteiger partial charge in [0.15, 0.2) is 0 Å². The maximum atomic E-state index is 4.57. The Balaban J connectivity index is 1.89. The van der Waals surface area contributed by atoms with Crippen molar-refractivity contribution < 1.29 is 4.80 Å². The molecule has 4 rings (SSSR count). The molecule has 0 amide bonds. The molecule has 2 aromatic carbocycles. The van der Waals surface area contributed by atoms with E-state index in [1.165, 1.54) is 4.80 Å². The van der Waals surface area contributed by atoms with Crippen molar-refractivity contribution in [2.24, 2.45) is 0 Å². The average Bonchev–Trinajstić information content (AvgIpc) is 3.26. The third kappa shape index (κ3) is 2.61. The first-order valence-electron chi connectivity index (χ1n) is 6.76. The summed E-state index contributed by atoms with van der Waals surface area (Å²) in [5.41, 5.74) is 1.73. The van der Waals surface area contributed by atoms with E-state index >= 15 is 0 Å². The van der Waals surface area contributed by atoms with Gasteiger partial charge >= 0.3 is 5.95 Å². The van der Waals surface area contributed by atoms with Gasteiger partial charge in [0.25, 0.3) is 5.82 Å². The first-order valence-corrected chi connectivity index (χ1v) is 7.55. The largest absolute Gasteiger partial charge is 0.470 e. The maximum absolute atomic E-state index is 4.57. The second-order valence-corrected chi connectivity index (χ2v) is 5.57. The van der Waals surface area contributed by atoms with Crippen LogP contribution in [0.3, 0.4) is 0 Å². The van der Waals surface area contributed by atoms with E-state index in [-0.39, 0.29) is 0 Å². The molecule has 0 atom stereocenters. The Morgan fingerprint density at radius 2 is 1.78 bits per heavy atom. The molecule has 0 spiro atoms. The molecule has 2 heterocycles. The molecule has 23 heavy (non-hydrogen) atoms. The van der Waals surface area contributed by atoms with Crippen LogP contribution in [0.5, 0.6) is 0 Å². The lowest BCUT2D eigenvalue weighted by molar-refractivity contribution is -0.740. The van der Waals surface area contributed by atoms with E-state index in [2.05, 4.69) is 46.8 Å². The highest BCUT2D eigenvalue weighted by Crippen LogP contribution is 2.15. The number of aromatic amines is 1. The van der Waals surface area contributed by atoms with Crippen LogP contribution in [0.15, 0.2) is 59.1 Å². The summed E-state index contributed by atoms with van der Waals surface area (Å²) in [4.78, 5) is 3.12. The summed E-state index contributed by atoms with van der Waals surface area (Å²) in [6.07, 6.45) is 0. The molecule has 0 unspecified atom stereocenters. The summed E-state index contributed by atoms with van der Waals surface area (Å²) in [5, 5.41) is 23.0. The molecule has 2 aromatic heterocycles. The standard InChI is InChI=1S/C14H10BrN8/c15-11-6-8-12(9-7-11)22-18-13(10-4-2-1-3-5-10)19-23(22)14-16-20-21-17-14/h1-9H,(H,16,17,20,21)/q+1. The highest BCUT2D eigenvalue weighted by Gasteiger charge is 2.23. The maximum Gasteiger partial charge on any atom is 0.470 e. The molecular formula is C14H10BrN8+. The van der Waals surface area contributed by atoms with Crippen molar-refractivity contribution in [3.63, 3.8) is 0 Å². The molecule has 0 aliphatic heterocycles. The lowest BCUT2D eigenvalue weighted by Crippen LogP contribution is -2.44. The van der Waals surface area contributed by atoms with Crippen LogP contribution >= 0.6 is 15.9 Å². The second-order valence-electron chi connectivity index (χ2n) is 4.66. The van der Waals surface area contributed by atoms with E-state index in [0.29, 0.717) is 11.8 Å². The molecule has 0 fully saturated rings. The molecule has 0 bridgehead atoms. The second kappa shape index (κ2) is 5.69. The van der Waals surface area contributed by atoms with E-state index in [9.17, 15) is 0 Å². The fraction of sp³-hybridized carbons (Fsp3) is 0. The first kappa shape index (κ1) is 13.7. The molecule has 4 aromatic rings. The zero-order valence-electron chi connectivity index (χ0n) is 11.7. The number of tetrazole rings is 2. The Morgan fingerprint density at radius 3 is 2.48 bits per heavy atom. The molecule has 0 saturated heterocycles. The number of hydrogen-bond donors (Lipinski definition) is 1. The fourth-order valence-corrected chi connectivity index (χ4v) is 2.36. The highest BCUT2D eigenvalue weighted by molar-refractivity contribution is 9.10. The van der Waals surface area contributed by atoms with E-state index in [1.54, 1.807) is 4.80 Å². The lowest BCUT2D eigenvalue weighted by atomic mass is 10.2. The van der Waals surface area contributed by atoms with Crippen molar-refractivity contribution in [2.45, 2.75) is 0 Å². The number of hydrogen-bond acceptors (Lipinski definition) is 5. The quantitative estimate of drug-likeness (QED) is 0.552. The number of aromatic nitrogens is 8. The zero-order valence-corrected chi connectivity index (χ0v) is 13.3. The van der Waals surface area contributed by atoms with E-state index < -0.39 is 0 Å². The van der Waals surface area contributed by atoms with Crippen LogP contribution in [0, 0.1) is 0 Å². The van der Waals surface area contributed by atoms with Crippen molar-refractivity contribution >= 4 is 15.9 Å². The van der Waals surface area contributed by atoms with Crippen LogP contribution in [-0.4, -0.2) is 35.6 Å². The average molecular weight is 370 g/mol. The van der Waals surface area contributed by atoms with E-state index in [1.807, 2.05) is 54.6 Å². The molecule has 0 aliphatic carbocycles. The number of nitrogens with one attached hydrogen (secondary N) is 1. The predicted octanol–water partition coefficient (Wildman–Crippen LogP) is 1.49. The summed E-state index contributed by atoms with van der Waals surface area (Å²) in [6.45, 7) is 0. The monoisotopic (exact) mass is 369 g/mol. The minimum absolute atomic E-state index is 0.308. The zero-order chi connectivity index (χ0) is 15.6. The number of halogens is 1. The van der Waals surface area contributed by atoms with Gasteiger partial charge in [-0.15, -0.1) is 5.21 Å². The summed E-state index contributed by atoms with van der Waals surface area (Å²) >= 11 is 3.43. The van der Waals surface area contributed by atoms with Gasteiger partial charge in [0, 0.05) is 25.4 Å². The summed E-state index contributed by atoms with van der Waals surface area (Å²) in [6, 6.07) is 17.4. The van der Waals surface area contributed by atoms with Gasteiger partial charge in [-0.1, -0.05) is 44.0 Å². The molecule has 9 heteroatoms. The van der Waals surface area contributed by atoms with Crippen molar-refractivity contribution in [1.29, 1.82) is 0 Å². The van der Waals surface area contributed by atoms with Crippen LogP contribution in [0.25, 0.3) is 23.0 Å². The first-order chi connectivity index (χ1) is 11.3. The molecule has 8 nitrogen and oxygen atoms in total.